The van der Waals surface area contributed by atoms with E-state index in [0.29, 0.717) is 0 Å². The second-order valence-electron chi connectivity index (χ2n) is 8.15. The van der Waals surface area contributed by atoms with E-state index in [9.17, 15) is 31.5 Å². The van der Waals surface area contributed by atoms with Crippen LogP contribution in [0.1, 0.15) is 33.2 Å². The molecule has 0 N–H and O–H groups in total. The molecule has 0 fully saturated rings. The highest BCUT2D eigenvalue weighted by Gasteiger charge is 2.33. The first kappa shape index (κ1) is 28.4. The van der Waals surface area contributed by atoms with Crippen LogP contribution in [0.2, 0.25) is 5.02 Å². The summed E-state index contributed by atoms with van der Waals surface area (Å²) in [7, 11) is 1.21. The maximum Gasteiger partial charge on any atom is 0.522 e. The molecular formula is C22H23ClF5NO6. The summed E-state index contributed by atoms with van der Waals surface area (Å²) >= 11 is 5.98. The molecule has 0 spiro atoms. The van der Waals surface area contributed by atoms with Crippen LogP contribution in [0.4, 0.5) is 22.0 Å². The molecule has 0 saturated carbocycles. The Morgan fingerprint density at radius 2 is 1.71 bits per heavy atom. The molecule has 7 nitrogen and oxygen atoms in total. The van der Waals surface area contributed by atoms with Crippen molar-refractivity contribution < 1.29 is 45.7 Å². The van der Waals surface area contributed by atoms with E-state index in [4.69, 9.17) is 21.1 Å². The molecule has 13 heteroatoms. The van der Waals surface area contributed by atoms with Crippen molar-refractivity contribution >= 4 is 17.6 Å². The number of aromatic nitrogens is 1. The van der Waals surface area contributed by atoms with Gasteiger partial charge >= 0.3 is 18.9 Å². The van der Waals surface area contributed by atoms with Crippen LogP contribution in [0.3, 0.4) is 0 Å². The predicted molar refractivity (Wildman–Crippen MR) is 116 cm³/mol. The summed E-state index contributed by atoms with van der Waals surface area (Å²) in [6, 6.07) is 3.19. The maximum absolute atomic E-state index is 13.0. The van der Waals surface area contributed by atoms with E-state index in [1.165, 1.54) is 25.3 Å². The van der Waals surface area contributed by atoms with Gasteiger partial charge < -0.3 is 14.2 Å². The highest BCUT2D eigenvalue weighted by molar-refractivity contribution is 6.31. The Bertz CT molecular complexity index is 1100. The van der Waals surface area contributed by atoms with E-state index >= 15 is 0 Å². The van der Waals surface area contributed by atoms with E-state index in [1.54, 1.807) is 20.8 Å². The number of ether oxygens (including phenoxy) is 4. The zero-order chi connectivity index (χ0) is 26.6. The van der Waals surface area contributed by atoms with Crippen molar-refractivity contribution in [3.8, 4) is 22.6 Å². The smallest absolute Gasteiger partial charge is 0.495 e. The molecule has 0 saturated heterocycles. The van der Waals surface area contributed by atoms with Gasteiger partial charge in [0.1, 0.15) is 23.1 Å². The summed E-state index contributed by atoms with van der Waals surface area (Å²) in [6.07, 6.45) is -4.45. The van der Waals surface area contributed by atoms with E-state index in [0.717, 1.165) is 16.8 Å². The Hall–Kier alpha value is -2.86. The van der Waals surface area contributed by atoms with Crippen molar-refractivity contribution in [2.24, 2.45) is 0 Å². The standard InChI is InChI=1S/C22H23ClF5NO6/c1-21(2,3)35-19(31)15(7-8-33-22(26,27)28)29-11-17(32-4)14(10-18(29)30)13-9-12(23)5-6-16(13)34-20(24)25/h5-6,9-11,15,20H,7-8H2,1-4H3. The number of hydrogen-bond donors (Lipinski definition) is 0. The van der Waals surface area contributed by atoms with E-state index in [-0.39, 0.29) is 27.6 Å². The lowest BCUT2D eigenvalue weighted by Crippen LogP contribution is -2.35. The molecule has 1 aromatic carbocycles. The van der Waals surface area contributed by atoms with Crippen LogP contribution in [0, 0.1) is 0 Å². The number of esters is 1. The van der Waals surface area contributed by atoms with Gasteiger partial charge in [-0.3, -0.25) is 14.1 Å². The largest absolute Gasteiger partial charge is 0.522 e. The highest BCUT2D eigenvalue weighted by atomic mass is 35.5. The first-order chi connectivity index (χ1) is 16.1. The van der Waals surface area contributed by atoms with Crippen molar-refractivity contribution in [3.63, 3.8) is 0 Å². The third kappa shape index (κ3) is 8.39. The minimum absolute atomic E-state index is 0.00128. The lowest BCUT2D eigenvalue weighted by atomic mass is 10.0. The molecule has 0 radical (unpaired) electrons. The topological polar surface area (TPSA) is 76.0 Å². The van der Waals surface area contributed by atoms with Crippen LogP contribution in [0.25, 0.3) is 11.1 Å². The van der Waals surface area contributed by atoms with E-state index in [2.05, 4.69) is 9.47 Å². The van der Waals surface area contributed by atoms with Gasteiger partial charge in [-0.1, -0.05) is 11.6 Å². The summed E-state index contributed by atoms with van der Waals surface area (Å²) in [5.41, 5.74) is -1.86. The van der Waals surface area contributed by atoms with Crippen LogP contribution in [-0.2, 0) is 14.3 Å². The van der Waals surface area contributed by atoms with Crippen LogP contribution in [0.5, 0.6) is 11.5 Å². The summed E-state index contributed by atoms with van der Waals surface area (Å²) in [4.78, 5) is 25.7. The van der Waals surface area contributed by atoms with Gasteiger partial charge in [0.15, 0.2) is 0 Å². The lowest BCUT2D eigenvalue weighted by Gasteiger charge is -2.26. The molecule has 1 aromatic heterocycles. The third-order valence-electron chi connectivity index (χ3n) is 4.38. The Morgan fingerprint density at radius 1 is 1.09 bits per heavy atom. The fourth-order valence-corrected chi connectivity index (χ4v) is 3.26. The summed E-state index contributed by atoms with van der Waals surface area (Å²) in [5, 5.41) is 0.142. The number of methoxy groups -OCH3 is 1. The van der Waals surface area contributed by atoms with Crippen molar-refractivity contribution in [2.75, 3.05) is 13.7 Å². The average Bonchev–Trinajstić information content (AvgIpc) is 2.70. The second kappa shape index (κ2) is 11.3. The van der Waals surface area contributed by atoms with Crippen LogP contribution in [0.15, 0.2) is 35.3 Å². The second-order valence-corrected chi connectivity index (χ2v) is 8.59. The average molecular weight is 528 g/mol. The minimum Gasteiger partial charge on any atom is -0.495 e. The van der Waals surface area contributed by atoms with E-state index < -0.39 is 49.2 Å². The van der Waals surface area contributed by atoms with Gasteiger partial charge in [0.25, 0.3) is 5.56 Å². The first-order valence-electron chi connectivity index (χ1n) is 10.1. The molecule has 0 amide bonds. The van der Waals surface area contributed by atoms with Gasteiger partial charge in [-0.25, -0.2) is 4.79 Å². The number of hydrogen-bond acceptors (Lipinski definition) is 6. The summed E-state index contributed by atoms with van der Waals surface area (Å²) in [5.74, 6) is -1.36. The minimum atomic E-state index is -4.95. The molecule has 1 heterocycles. The van der Waals surface area contributed by atoms with Gasteiger partial charge in [-0.15, -0.1) is 13.2 Å². The number of carbonyl (C=O) groups is 1. The Kier molecular flexibility index (Phi) is 9.12. The predicted octanol–water partition coefficient (Wildman–Crippen LogP) is 5.59. The molecule has 0 bridgehead atoms. The fraction of sp³-hybridized carbons (Fsp3) is 0.455. The SMILES string of the molecule is COc1cn(C(CCOC(F)(F)F)C(=O)OC(C)(C)C)c(=O)cc1-c1cc(Cl)ccc1OC(F)F. The van der Waals surface area contributed by atoms with Crippen molar-refractivity contribution in [1.82, 2.24) is 4.57 Å². The van der Waals surface area contributed by atoms with Crippen LogP contribution in [-0.4, -0.2) is 42.8 Å². The number of rotatable bonds is 9. The Labute approximate surface area is 202 Å². The molecule has 0 aliphatic carbocycles. The Balaban J connectivity index is 2.59. The number of halogens is 6. The van der Waals surface area contributed by atoms with Gasteiger partial charge in [0.2, 0.25) is 0 Å². The molecule has 2 aromatic rings. The highest BCUT2D eigenvalue weighted by Crippen LogP contribution is 2.38. The van der Waals surface area contributed by atoms with Crippen molar-refractivity contribution in [1.29, 1.82) is 0 Å². The fourth-order valence-electron chi connectivity index (χ4n) is 3.08. The monoisotopic (exact) mass is 527 g/mol. The van der Waals surface area contributed by atoms with Crippen LogP contribution < -0.4 is 15.0 Å². The molecule has 2 rings (SSSR count). The third-order valence-corrected chi connectivity index (χ3v) is 4.62. The van der Waals surface area contributed by atoms with Gasteiger partial charge in [0, 0.05) is 28.6 Å². The number of benzene rings is 1. The van der Waals surface area contributed by atoms with Gasteiger partial charge in [-0.2, -0.15) is 8.78 Å². The first-order valence-corrected chi connectivity index (χ1v) is 10.5. The number of pyridine rings is 1. The number of alkyl halides is 5. The quantitative estimate of drug-likeness (QED) is 0.313. The molecule has 35 heavy (non-hydrogen) atoms. The van der Waals surface area contributed by atoms with E-state index in [1.807, 2.05) is 0 Å². The van der Waals surface area contributed by atoms with Gasteiger partial charge in [-0.05, 0) is 39.0 Å². The van der Waals surface area contributed by atoms with Crippen LogP contribution >= 0.6 is 11.6 Å². The molecule has 0 aliphatic heterocycles. The van der Waals surface area contributed by atoms with Crippen molar-refractivity contribution in [2.45, 2.75) is 51.8 Å². The summed E-state index contributed by atoms with van der Waals surface area (Å²) < 4.78 is 82.8. The zero-order valence-electron chi connectivity index (χ0n) is 19.1. The number of carbonyl (C=O) groups excluding carboxylic acids is 1. The lowest BCUT2D eigenvalue weighted by molar-refractivity contribution is -0.325. The normalized spacial score (nSPS) is 13.0. The summed E-state index contributed by atoms with van der Waals surface area (Å²) in [6.45, 7) is 0.523. The molecular weight excluding hydrogens is 505 g/mol. The molecule has 0 aliphatic rings. The molecule has 194 valence electrons. The zero-order valence-corrected chi connectivity index (χ0v) is 19.9. The number of nitrogens with zero attached hydrogens (tertiary/aromatic N) is 1. The van der Waals surface area contributed by atoms with Gasteiger partial charge in [0.05, 0.1) is 19.9 Å². The Morgan fingerprint density at radius 3 is 2.26 bits per heavy atom. The molecule has 1 unspecified atom stereocenters. The molecule has 1 atom stereocenters. The van der Waals surface area contributed by atoms with Crippen molar-refractivity contribution in [3.05, 3.63) is 45.8 Å². The maximum atomic E-state index is 13.0.